The molecule has 0 bridgehead atoms. The van der Waals surface area contributed by atoms with Gasteiger partial charge in [0.2, 0.25) is 15.9 Å². The quantitative estimate of drug-likeness (QED) is 0.450. The third-order valence-electron chi connectivity index (χ3n) is 5.40. The molecule has 8 nitrogen and oxygen atoms in total. The summed E-state index contributed by atoms with van der Waals surface area (Å²) in [5, 5.41) is 12.4. The van der Waals surface area contributed by atoms with Gasteiger partial charge < -0.3 is 4.42 Å². The number of halogens is 3. The van der Waals surface area contributed by atoms with Crippen LogP contribution in [0.1, 0.15) is 11.3 Å². The first kappa shape index (κ1) is 21.3. The third kappa shape index (κ3) is 3.80. The Balaban J connectivity index is 1.50. The zero-order valence-corrected chi connectivity index (χ0v) is 18.0. The molecule has 1 aliphatic rings. The standard InChI is InChI=1S/C21H16F3N5O3S/c1-28-18-6-7-29(33(30,31)16-9-14(23)8-15(24)10-16)11-17(18)19(27-28)21-26-25-20(32-21)12-2-4-13(22)5-3-12/h2-5,8-10H,6-7,11H2,1H3. The summed E-state index contributed by atoms with van der Waals surface area (Å²) in [5.41, 5.74) is 2.15. The van der Waals surface area contributed by atoms with E-state index in [0.717, 1.165) is 22.1 Å². The number of rotatable bonds is 4. The van der Waals surface area contributed by atoms with Gasteiger partial charge in [-0.3, -0.25) is 4.68 Å². The molecule has 5 rings (SSSR count). The van der Waals surface area contributed by atoms with Crippen LogP contribution in [0.25, 0.3) is 23.0 Å². The van der Waals surface area contributed by atoms with Crippen molar-refractivity contribution in [2.24, 2.45) is 7.05 Å². The molecule has 2 aromatic carbocycles. The van der Waals surface area contributed by atoms with E-state index in [1.165, 1.54) is 24.3 Å². The molecule has 3 heterocycles. The number of aromatic nitrogens is 4. The van der Waals surface area contributed by atoms with Gasteiger partial charge in [-0.25, -0.2) is 21.6 Å². The Morgan fingerprint density at radius 3 is 2.30 bits per heavy atom. The highest BCUT2D eigenvalue weighted by molar-refractivity contribution is 7.89. The Morgan fingerprint density at radius 1 is 0.939 bits per heavy atom. The minimum atomic E-state index is -4.17. The molecule has 0 spiro atoms. The second-order valence-corrected chi connectivity index (χ2v) is 9.45. The van der Waals surface area contributed by atoms with Crippen molar-refractivity contribution in [3.8, 4) is 23.0 Å². The Labute approximate surface area is 186 Å². The van der Waals surface area contributed by atoms with Crippen LogP contribution in [0.5, 0.6) is 0 Å². The van der Waals surface area contributed by atoms with Crippen molar-refractivity contribution in [2.75, 3.05) is 6.54 Å². The van der Waals surface area contributed by atoms with Crippen LogP contribution >= 0.6 is 0 Å². The van der Waals surface area contributed by atoms with E-state index in [-0.39, 0.29) is 24.9 Å². The lowest BCUT2D eigenvalue weighted by atomic mass is 10.1. The fourth-order valence-corrected chi connectivity index (χ4v) is 5.25. The largest absolute Gasteiger partial charge is 0.415 e. The summed E-state index contributed by atoms with van der Waals surface area (Å²) in [4.78, 5) is -0.467. The van der Waals surface area contributed by atoms with E-state index >= 15 is 0 Å². The number of hydrogen-bond acceptors (Lipinski definition) is 6. The molecule has 33 heavy (non-hydrogen) atoms. The Bertz CT molecular complexity index is 1440. The predicted octanol–water partition coefficient (Wildman–Crippen LogP) is 3.30. The summed E-state index contributed by atoms with van der Waals surface area (Å²) in [6.45, 7) is 0.0182. The first-order valence-electron chi connectivity index (χ1n) is 9.83. The lowest BCUT2D eigenvalue weighted by Crippen LogP contribution is -2.36. The maximum atomic E-state index is 13.6. The normalized spacial score (nSPS) is 14.4. The van der Waals surface area contributed by atoms with Crippen molar-refractivity contribution < 1.29 is 26.0 Å². The predicted molar refractivity (Wildman–Crippen MR) is 110 cm³/mol. The molecule has 170 valence electrons. The van der Waals surface area contributed by atoms with Crippen molar-refractivity contribution in [3.05, 3.63) is 71.2 Å². The van der Waals surface area contributed by atoms with Gasteiger partial charge in [0.25, 0.3) is 5.89 Å². The minimum Gasteiger partial charge on any atom is -0.415 e. The highest BCUT2D eigenvalue weighted by Gasteiger charge is 2.34. The maximum absolute atomic E-state index is 13.6. The summed E-state index contributed by atoms with van der Waals surface area (Å²) >= 11 is 0. The molecule has 1 aliphatic heterocycles. The third-order valence-corrected chi connectivity index (χ3v) is 7.22. The van der Waals surface area contributed by atoms with E-state index < -0.39 is 32.4 Å². The topological polar surface area (TPSA) is 94.1 Å². The smallest absolute Gasteiger partial charge is 0.268 e. The number of aryl methyl sites for hydroxylation is 1. The van der Waals surface area contributed by atoms with Gasteiger partial charge in [-0.1, -0.05) is 0 Å². The van der Waals surface area contributed by atoms with Crippen molar-refractivity contribution in [3.63, 3.8) is 0 Å². The van der Waals surface area contributed by atoms with Crippen LogP contribution in [0.2, 0.25) is 0 Å². The van der Waals surface area contributed by atoms with Crippen LogP contribution in [0, 0.1) is 17.5 Å². The molecule has 12 heteroatoms. The van der Waals surface area contributed by atoms with Gasteiger partial charge in [-0.2, -0.15) is 9.40 Å². The zero-order chi connectivity index (χ0) is 23.3. The summed E-state index contributed by atoms with van der Waals surface area (Å²) < 4.78 is 75.0. The number of sulfonamides is 1. The van der Waals surface area contributed by atoms with Gasteiger partial charge in [0.15, 0.2) is 5.69 Å². The molecule has 0 aliphatic carbocycles. The number of nitrogens with zero attached hydrogens (tertiary/aromatic N) is 5. The number of hydrogen-bond donors (Lipinski definition) is 0. The fraction of sp³-hybridized carbons (Fsp3) is 0.190. The molecule has 0 saturated carbocycles. The van der Waals surface area contributed by atoms with Crippen LogP contribution in [-0.4, -0.2) is 39.2 Å². The SMILES string of the molecule is Cn1nc(-c2nnc(-c3ccc(F)cc3)o2)c2c1CCN(S(=O)(=O)c1cc(F)cc(F)c1)C2. The van der Waals surface area contributed by atoms with Gasteiger partial charge in [-0.05, 0) is 36.4 Å². The van der Waals surface area contributed by atoms with Crippen molar-refractivity contribution in [1.82, 2.24) is 24.3 Å². The van der Waals surface area contributed by atoms with Gasteiger partial charge >= 0.3 is 0 Å². The van der Waals surface area contributed by atoms with Gasteiger partial charge in [0, 0.05) is 49.4 Å². The van der Waals surface area contributed by atoms with E-state index in [0.29, 0.717) is 29.3 Å². The average Bonchev–Trinajstić information content (AvgIpc) is 3.38. The van der Waals surface area contributed by atoms with Gasteiger partial charge in [0.05, 0.1) is 4.90 Å². The van der Waals surface area contributed by atoms with Crippen molar-refractivity contribution in [2.45, 2.75) is 17.9 Å². The molecule has 2 aromatic heterocycles. The number of benzene rings is 2. The zero-order valence-electron chi connectivity index (χ0n) is 17.2. The first-order valence-corrected chi connectivity index (χ1v) is 11.3. The molecular formula is C21H16F3N5O3S. The Kier molecular flexibility index (Phi) is 5.05. The van der Waals surface area contributed by atoms with Gasteiger partial charge in [0.1, 0.15) is 17.5 Å². The van der Waals surface area contributed by atoms with Crippen molar-refractivity contribution in [1.29, 1.82) is 0 Å². The van der Waals surface area contributed by atoms with E-state index in [2.05, 4.69) is 15.3 Å². The van der Waals surface area contributed by atoms with Crippen LogP contribution in [0.3, 0.4) is 0 Å². The van der Waals surface area contributed by atoms with Crippen LogP contribution in [-0.2, 0) is 30.0 Å². The Hall–Kier alpha value is -3.51. The van der Waals surface area contributed by atoms with Gasteiger partial charge in [-0.15, -0.1) is 10.2 Å². The monoisotopic (exact) mass is 475 g/mol. The molecule has 4 aromatic rings. The van der Waals surface area contributed by atoms with Crippen LogP contribution in [0.4, 0.5) is 13.2 Å². The lowest BCUT2D eigenvalue weighted by molar-refractivity contribution is 0.385. The molecule has 0 fully saturated rings. The minimum absolute atomic E-state index is 0.0715. The van der Waals surface area contributed by atoms with Crippen LogP contribution in [0.15, 0.2) is 51.8 Å². The van der Waals surface area contributed by atoms with E-state index in [4.69, 9.17) is 4.42 Å². The molecule has 0 N–H and O–H groups in total. The highest BCUT2D eigenvalue weighted by Crippen LogP contribution is 2.33. The maximum Gasteiger partial charge on any atom is 0.268 e. The highest BCUT2D eigenvalue weighted by atomic mass is 32.2. The first-order chi connectivity index (χ1) is 15.7. The molecular weight excluding hydrogens is 459 g/mol. The molecule has 0 amide bonds. The fourth-order valence-electron chi connectivity index (χ4n) is 3.80. The van der Waals surface area contributed by atoms with Crippen LogP contribution < -0.4 is 0 Å². The summed E-state index contributed by atoms with van der Waals surface area (Å²) in [5.74, 6) is -2.14. The van der Waals surface area contributed by atoms with Crippen molar-refractivity contribution >= 4 is 10.0 Å². The average molecular weight is 475 g/mol. The summed E-state index contributed by atoms with van der Waals surface area (Å²) in [6.07, 6.45) is 0.328. The molecule has 0 radical (unpaired) electrons. The molecule has 0 saturated heterocycles. The van der Waals surface area contributed by atoms with E-state index in [1.54, 1.807) is 11.7 Å². The van der Waals surface area contributed by atoms with E-state index in [9.17, 15) is 21.6 Å². The Morgan fingerprint density at radius 2 is 1.61 bits per heavy atom. The molecule has 0 unspecified atom stereocenters. The summed E-state index contributed by atoms with van der Waals surface area (Å²) in [6, 6.07) is 7.69. The number of fused-ring (bicyclic) bond motifs is 1. The molecule has 0 atom stereocenters. The second-order valence-electron chi connectivity index (χ2n) is 7.51. The lowest BCUT2D eigenvalue weighted by Gasteiger charge is -2.26. The van der Waals surface area contributed by atoms with E-state index in [1.807, 2.05) is 0 Å². The second kappa shape index (κ2) is 7.81. The summed E-state index contributed by atoms with van der Waals surface area (Å²) in [7, 11) is -2.45.